The number of hydrogen-bond acceptors (Lipinski definition) is 3. The van der Waals surface area contributed by atoms with Crippen LogP contribution in [0.2, 0.25) is 0 Å². The first-order chi connectivity index (χ1) is 4.68. The van der Waals surface area contributed by atoms with Crippen molar-refractivity contribution in [1.29, 1.82) is 0 Å². The van der Waals surface area contributed by atoms with Gasteiger partial charge in [0, 0.05) is 0 Å². The summed E-state index contributed by atoms with van der Waals surface area (Å²) in [4.78, 5) is 10.1. The van der Waals surface area contributed by atoms with E-state index in [1.165, 1.54) is 0 Å². The molecular weight excluding hydrogens is 171 g/mol. The number of carboxylic acids is 1. The normalized spacial score (nSPS) is 11.8. The molecule has 62 valence electrons. The Morgan fingerprint density at radius 3 is 2.36 bits per heavy atom. The van der Waals surface area contributed by atoms with E-state index in [0.717, 1.165) is 12.8 Å². The Kier molecular flexibility index (Phi) is 12.1. The fraction of sp³-hybridized carbons (Fsp3) is 0.833. The molecule has 5 N–H and O–H groups in total. The first-order valence-electron chi connectivity index (χ1n) is 3.37. The van der Waals surface area contributed by atoms with Crippen molar-refractivity contribution in [2.75, 3.05) is 6.54 Å². The van der Waals surface area contributed by atoms with Crippen LogP contribution in [0.5, 0.6) is 0 Å². The molecule has 11 heavy (non-hydrogen) atoms. The van der Waals surface area contributed by atoms with Crippen molar-refractivity contribution in [2.45, 2.75) is 25.3 Å². The summed E-state index contributed by atoms with van der Waals surface area (Å²) < 4.78 is 0. The first kappa shape index (κ1) is 14.5. The molecule has 0 aromatic heterocycles. The summed E-state index contributed by atoms with van der Waals surface area (Å²) in [5, 5.41) is 8.33. The van der Waals surface area contributed by atoms with Crippen molar-refractivity contribution in [3.63, 3.8) is 0 Å². The van der Waals surface area contributed by atoms with Crippen molar-refractivity contribution in [3.05, 3.63) is 0 Å². The molecule has 0 aliphatic carbocycles. The van der Waals surface area contributed by atoms with Crippen LogP contribution in [0, 0.1) is 0 Å². The number of nitrogens with two attached hydrogens (primary N) is 2. The predicted octanol–water partition coefficient (Wildman–Crippen LogP) is -1.12. The minimum absolute atomic E-state index is 0. The summed E-state index contributed by atoms with van der Waals surface area (Å²) in [5.41, 5.74) is 10.4. The van der Waals surface area contributed by atoms with Gasteiger partial charge in [0.25, 0.3) is 0 Å². The molecule has 0 aromatic rings. The Morgan fingerprint density at radius 1 is 1.45 bits per heavy atom. The molecule has 0 saturated heterocycles. The van der Waals surface area contributed by atoms with Crippen LogP contribution in [0.4, 0.5) is 0 Å². The molecule has 0 unspecified atom stereocenters. The van der Waals surface area contributed by atoms with Gasteiger partial charge in [-0.1, -0.05) is 6.42 Å². The molecule has 0 bridgehead atoms. The fourth-order valence-electron chi connectivity index (χ4n) is 0.632. The van der Waals surface area contributed by atoms with Crippen LogP contribution in [0.25, 0.3) is 0 Å². The van der Waals surface area contributed by atoms with Gasteiger partial charge in [-0.2, -0.15) is 0 Å². The quantitative estimate of drug-likeness (QED) is 0.375. The number of rotatable bonds is 5. The molecule has 0 saturated carbocycles. The third kappa shape index (κ3) is 8.94. The maximum absolute atomic E-state index is 10.1. The average Bonchev–Trinajstić information content (AvgIpc) is 1.88. The number of hydrogen-bond donors (Lipinski definition) is 3. The van der Waals surface area contributed by atoms with Gasteiger partial charge in [0.1, 0.15) is 6.04 Å². The number of carbonyl (C=O) groups is 1. The number of aliphatic carboxylic acids is 1. The van der Waals surface area contributed by atoms with Gasteiger partial charge in [0.2, 0.25) is 0 Å². The SMILES string of the molecule is NCCCC[C@H](N)C(=O)O.[KH]. The first-order valence-corrected chi connectivity index (χ1v) is 3.37. The predicted molar refractivity (Wildman–Crippen MR) is 45.7 cm³/mol. The van der Waals surface area contributed by atoms with E-state index in [1.807, 2.05) is 0 Å². The summed E-state index contributed by atoms with van der Waals surface area (Å²) in [6, 6.07) is -0.716. The molecule has 0 aliphatic rings. The maximum atomic E-state index is 10.1. The van der Waals surface area contributed by atoms with Crippen molar-refractivity contribution in [1.82, 2.24) is 0 Å². The molecule has 4 nitrogen and oxygen atoms in total. The van der Waals surface area contributed by atoms with Gasteiger partial charge in [-0.05, 0) is 19.4 Å². The summed E-state index contributed by atoms with van der Waals surface area (Å²) in [6.07, 6.45) is 2.16. The molecule has 0 spiro atoms. The van der Waals surface area contributed by atoms with Crippen molar-refractivity contribution in [2.24, 2.45) is 11.5 Å². The Hall–Kier alpha value is 1.03. The molecule has 1 atom stereocenters. The van der Waals surface area contributed by atoms with E-state index in [2.05, 4.69) is 0 Å². The zero-order chi connectivity index (χ0) is 7.98. The van der Waals surface area contributed by atoms with Gasteiger partial charge in [0.05, 0.1) is 0 Å². The fourth-order valence-corrected chi connectivity index (χ4v) is 0.632. The van der Waals surface area contributed by atoms with Crippen LogP contribution in [-0.2, 0) is 4.79 Å². The number of carboxylic acid groups (broad SMARTS) is 1. The molecule has 0 radical (unpaired) electrons. The third-order valence-corrected chi connectivity index (χ3v) is 1.29. The zero-order valence-corrected chi connectivity index (χ0v) is 5.92. The van der Waals surface area contributed by atoms with Gasteiger partial charge in [-0.25, -0.2) is 0 Å². The monoisotopic (exact) mass is 186 g/mol. The Bertz CT molecular complexity index is 111. The molecular formula is C6H15KN2O2. The van der Waals surface area contributed by atoms with Crippen LogP contribution in [0.1, 0.15) is 19.3 Å². The summed E-state index contributed by atoms with van der Waals surface area (Å²) in [6.45, 7) is 0.604. The van der Waals surface area contributed by atoms with Crippen molar-refractivity contribution < 1.29 is 9.90 Å². The molecule has 0 aromatic carbocycles. The van der Waals surface area contributed by atoms with E-state index in [0.29, 0.717) is 13.0 Å². The standard InChI is InChI=1S/C6H14N2O2.K.H/c7-4-2-1-3-5(8)6(9)10;;/h5H,1-4,7-8H2,(H,9,10);;/t5-;;/m0../s1. The zero-order valence-electron chi connectivity index (χ0n) is 5.92. The second-order valence-corrected chi connectivity index (χ2v) is 2.23. The van der Waals surface area contributed by atoms with E-state index in [4.69, 9.17) is 16.6 Å². The van der Waals surface area contributed by atoms with Crippen LogP contribution >= 0.6 is 0 Å². The van der Waals surface area contributed by atoms with Crippen LogP contribution in [0.15, 0.2) is 0 Å². The summed E-state index contributed by atoms with van der Waals surface area (Å²) in [5.74, 6) is -0.933. The van der Waals surface area contributed by atoms with Crippen LogP contribution in [0.3, 0.4) is 0 Å². The number of unbranched alkanes of at least 4 members (excludes halogenated alkanes) is 1. The second kappa shape index (κ2) is 9.12. The molecule has 0 amide bonds. The van der Waals surface area contributed by atoms with Gasteiger partial charge in [-0.3, -0.25) is 4.79 Å². The van der Waals surface area contributed by atoms with Crippen molar-refractivity contribution in [3.8, 4) is 0 Å². The Morgan fingerprint density at radius 2 is 2.00 bits per heavy atom. The van der Waals surface area contributed by atoms with E-state index >= 15 is 0 Å². The van der Waals surface area contributed by atoms with Crippen molar-refractivity contribution >= 4 is 57.4 Å². The topological polar surface area (TPSA) is 89.3 Å². The molecule has 0 aliphatic heterocycles. The van der Waals surface area contributed by atoms with Crippen LogP contribution < -0.4 is 11.5 Å². The van der Waals surface area contributed by atoms with E-state index in [9.17, 15) is 4.79 Å². The van der Waals surface area contributed by atoms with E-state index in [1.54, 1.807) is 0 Å². The minimum atomic E-state index is -0.933. The Labute approximate surface area is 109 Å². The van der Waals surface area contributed by atoms with Gasteiger partial charge >= 0.3 is 57.4 Å². The van der Waals surface area contributed by atoms with Crippen LogP contribution in [-0.4, -0.2) is 75.0 Å². The molecule has 0 rings (SSSR count). The summed E-state index contributed by atoms with van der Waals surface area (Å²) >= 11 is 0. The molecule has 5 heteroatoms. The van der Waals surface area contributed by atoms with E-state index < -0.39 is 12.0 Å². The van der Waals surface area contributed by atoms with E-state index in [-0.39, 0.29) is 51.4 Å². The van der Waals surface area contributed by atoms with Gasteiger partial charge < -0.3 is 16.6 Å². The summed E-state index contributed by atoms with van der Waals surface area (Å²) in [7, 11) is 0. The second-order valence-electron chi connectivity index (χ2n) is 2.23. The Balaban J connectivity index is 0. The third-order valence-electron chi connectivity index (χ3n) is 1.29. The van der Waals surface area contributed by atoms with Gasteiger partial charge in [0.15, 0.2) is 0 Å². The van der Waals surface area contributed by atoms with Gasteiger partial charge in [-0.15, -0.1) is 0 Å². The average molecular weight is 186 g/mol. The molecule has 0 heterocycles. The molecule has 0 fully saturated rings.